The van der Waals surface area contributed by atoms with Crippen LogP contribution < -0.4 is 16.4 Å². The molecule has 6 nitrogen and oxygen atoms in total. The van der Waals surface area contributed by atoms with Crippen LogP contribution >= 0.6 is 0 Å². The van der Waals surface area contributed by atoms with Gasteiger partial charge in [-0.15, -0.1) is 0 Å². The van der Waals surface area contributed by atoms with Crippen LogP contribution in [0, 0.1) is 0 Å². The highest BCUT2D eigenvalue weighted by molar-refractivity contribution is 6.04. The van der Waals surface area contributed by atoms with E-state index in [2.05, 4.69) is 15.5 Å². The zero-order valence-corrected chi connectivity index (χ0v) is 11.6. The number of rotatable bonds is 4. The lowest BCUT2D eigenvalue weighted by Gasteiger charge is -2.31. The van der Waals surface area contributed by atoms with E-state index in [0.29, 0.717) is 11.3 Å². The molecule has 1 unspecified atom stereocenters. The number of primary amides is 1. The monoisotopic (exact) mass is 276 g/mol. The van der Waals surface area contributed by atoms with Gasteiger partial charge in [-0.2, -0.15) is 0 Å². The lowest BCUT2D eigenvalue weighted by molar-refractivity contribution is -0.120. The molecule has 2 amide bonds. The predicted octanol–water partition coefficient (Wildman–Crippen LogP) is 0.0177. The van der Waals surface area contributed by atoms with Crippen LogP contribution in [0.3, 0.4) is 0 Å². The van der Waals surface area contributed by atoms with E-state index in [4.69, 9.17) is 5.73 Å². The minimum absolute atomic E-state index is 0.124. The number of benzene rings is 1. The standard InChI is InChI=1S/C14H20N4O2/c1-10(18-8-6-16-7-9-18)14(20)17-12-5-3-2-4-11(12)13(15)19/h2-5,10,16H,6-9H2,1H3,(H2,15,19)(H,17,20). The second-order valence-corrected chi connectivity index (χ2v) is 4.86. The van der Waals surface area contributed by atoms with Gasteiger partial charge in [-0.05, 0) is 19.1 Å². The fraction of sp³-hybridized carbons (Fsp3) is 0.429. The maximum Gasteiger partial charge on any atom is 0.250 e. The molecule has 4 N–H and O–H groups in total. The second-order valence-electron chi connectivity index (χ2n) is 4.86. The summed E-state index contributed by atoms with van der Waals surface area (Å²) in [5, 5.41) is 6.03. The first-order chi connectivity index (χ1) is 9.59. The first-order valence-electron chi connectivity index (χ1n) is 6.74. The van der Waals surface area contributed by atoms with Gasteiger partial charge in [0, 0.05) is 26.2 Å². The van der Waals surface area contributed by atoms with E-state index in [1.807, 2.05) is 6.92 Å². The number of nitrogens with two attached hydrogens (primary N) is 1. The normalized spacial score (nSPS) is 17.4. The number of piperazine rings is 1. The molecule has 1 aliphatic rings. The zero-order valence-electron chi connectivity index (χ0n) is 11.6. The molecule has 1 saturated heterocycles. The fourth-order valence-corrected chi connectivity index (χ4v) is 2.28. The summed E-state index contributed by atoms with van der Waals surface area (Å²) < 4.78 is 0. The molecule has 1 heterocycles. The topological polar surface area (TPSA) is 87.5 Å². The molecule has 1 aromatic carbocycles. The van der Waals surface area contributed by atoms with Gasteiger partial charge in [-0.25, -0.2) is 0 Å². The van der Waals surface area contributed by atoms with E-state index in [-0.39, 0.29) is 11.9 Å². The number of hydrogen-bond acceptors (Lipinski definition) is 4. The van der Waals surface area contributed by atoms with E-state index in [0.717, 1.165) is 26.2 Å². The molecule has 0 aromatic heterocycles. The summed E-state index contributed by atoms with van der Waals surface area (Å²) in [7, 11) is 0. The molecule has 2 rings (SSSR count). The maximum absolute atomic E-state index is 12.3. The van der Waals surface area contributed by atoms with E-state index in [1.54, 1.807) is 24.3 Å². The van der Waals surface area contributed by atoms with Crippen LogP contribution in [0.1, 0.15) is 17.3 Å². The van der Waals surface area contributed by atoms with E-state index < -0.39 is 5.91 Å². The molecule has 6 heteroatoms. The number of nitrogens with zero attached hydrogens (tertiary/aromatic N) is 1. The zero-order chi connectivity index (χ0) is 14.5. The fourth-order valence-electron chi connectivity index (χ4n) is 2.28. The Morgan fingerprint density at radius 2 is 1.95 bits per heavy atom. The molecule has 1 aliphatic heterocycles. The van der Waals surface area contributed by atoms with Crippen molar-refractivity contribution in [3.63, 3.8) is 0 Å². The molecule has 1 aromatic rings. The third-order valence-corrected chi connectivity index (χ3v) is 3.53. The average Bonchev–Trinajstić information content (AvgIpc) is 2.47. The molecule has 1 fully saturated rings. The molecular weight excluding hydrogens is 256 g/mol. The lowest BCUT2D eigenvalue weighted by atomic mass is 10.1. The van der Waals surface area contributed by atoms with Gasteiger partial charge in [0.25, 0.3) is 5.91 Å². The summed E-state index contributed by atoms with van der Waals surface area (Å²) in [6, 6.07) is 6.53. The van der Waals surface area contributed by atoms with Crippen LogP contribution in [-0.2, 0) is 4.79 Å². The van der Waals surface area contributed by atoms with E-state index in [9.17, 15) is 9.59 Å². The minimum Gasteiger partial charge on any atom is -0.366 e. The number of para-hydroxylation sites is 1. The van der Waals surface area contributed by atoms with Crippen LogP contribution in [0.4, 0.5) is 5.69 Å². The summed E-state index contributed by atoms with van der Waals surface area (Å²) >= 11 is 0. The summed E-state index contributed by atoms with van der Waals surface area (Å²) in [6.45, 7) is 5.32. The van der Waals surface area contributed by atoms with Crippen LogP contribution in [0.2, 0.25) is 0 Å². The average molecular weight is 276 g/mol. The van der Waals surface area contributed by atoms with Crippen molar-refractivity contribution in [1.29, 1.82) is 0 Å². The van der Waals surface area contributed by atoms with Crippen LogP contribution in [0.15, 0.2) is 24.3 Å². The molecular formula is C14H20N4O2. The van der Waals surface area contributed by atoms with Gasteiger partial charge in [0.05, 0.1) is 17.3 Å². The Hall–Kier alpha value is -1.92. The van der Waals surface area contributed by atoms with Gasteiger partial charge in [0.2, 0.25) is 5.91 Å². The number of carbonyl (C=O) groups excluding carboxylic acids is 2. The Bertz CT molecular complexity index is 498. The van der Waals surface area contributed by atoms with Crippen molar-refractivity contribution in [2.75, 3.05) is 31.5 Å². The van der Waals surface area contributed by atoms with Crippen molar-refractivity contribution in [2.24, 2.45) is 5.73 Å². The van der Waals surface area contributed by atoms with Crippen molar-refractivity contribution >= 4 is 17.5 Å². The third-order valence-electron chi connectivity index (χ3n) is 3.53. The molecule has 0 spiro atoms. The first kappa shape index (κ1) is 14.5. The molecule has 0 saturated carbocycles. The van der Waals surface area contributed by atoms with Crippen molar-refractivity contribution in [3.8, 4) is 0 Å². The smallest absolute Gasteiger partial charge is 0.250 e. The Morgan fingerprint density at radius 1 is 1.30 bits per heavy atom. The molecule has 0 aliphatic carbocycles. The molecule has 0 bridgehead atoms. The predicted molar refractivity (Wildman–Crippen MR) is 77.5 cm³/mol. The number of hydrogen-bond donors (Lipinski definition) is 3. The number of carbonyl (C=O) groups is 2. The van der Waals surface area contributed by atoms with Gasteiger partial charge in [0.15, 0.2) is 0 Å². The van der Waals surface area contributed by atoms with Crippen LogP contribution in [-0.4, -0.2) is 48.9 Å². The molecule has 0 radical (unpaired) electrons. The summed E-state index contributed by atoms with van der Waals surface area (Å²) in [5.41, 5.74) is 6.09. The quantitative estimate of drug-likeness (QED) is 0.723. The highest BCUT2D eigenvalue weighted by atomic mass is 16.2. The molecule has 20 heavy (non-hydrogen) atoms. The van der Waals surface area contributed by atoms with Gasteiger partial charge < -0.3 is 16.4 Å². The first-order valence-corrected chi connectivity index (χ1v) is 6.74. The van der Waals surface area contributed by atoms with Gasteiger partial charge in [-0.3, -0.25) is 14.5 Å². The third kappa shape index (κ3) is 3.34. The minimum atomic E-state index is -0.546. The Morgan fingerprint density at radius 3 is 2.60 bits per heavy atom. The molecule has 108 valence electrons. The van der Waals surface area contributed by atoms with Gasteiger partial charge >= 0.3 is 0 Å². The van der Waals surface area contributed by atoms with Gasteiger partial charge in [-0.1, -0.05) is 12.1 Å². The van der Waals surface area contributed by atoms with Crippen molar-refractivity contribution in [3.05, 3.63) is 29.8 Å². The summed E-state index contributed by atoms with van der Waals surface area (Å²) in [4.78, 5) is 25.7. The Labute approximate surface area is 118 Å². The van der Waals surface area contributed by atoms with E-state index in [1.165, 1.54) is 0 Å². The highest BCUT2D eigenvalue weighted by Crippen LogP contribution is 2.15. The largest absolute Gasteiger partial charge is 0.366 e. The number of amides is 2. The van der Waals surface area contributed by atoms with Crippen molar-refractivity contribution in [1.82, 2.24) is 10.2 Å². The SMILES string of the molecule is CC(C(=O)Nc1ccccc1C(N)=O)N1CCNCC1. The molecule has 1 atom stereocenters. The highest BCUT2D eigenvalue weighted by Gasteiger charge is 2.23. The Kier molecular flexibility index (Phi) is 4.70. The number of nitrogens with one attached hydrogen (secondary N) is 2. The van der Waals surface area contributed by atoms with Crippen molar-refractivity contribution < 1.29 is 9.59 Å². The van der Waals surface area contributed by atoms with Crippen LogP contribution in [0.25, 0.3) is 0 Å². The second kappa shape index (κ2) is 6.49. The summed E-state index contributed by atoms with van der Waals surface area (Å²) in [6.07, 6.45) is 0. The van der Waals surface area contributed by atoms with E-state index >= 15 is 0 Å². The van der Waals surface area contributed by atoms with Crippen LogP contribution in [0.5, 0.6) is 0 Å². The van der Waals surface area contributed by atoms with Gasteiger partial charge in [0.1, 0.15) is 0 Å². The Balaban J connectivity index is 2.05. The lowest BCUT2D eigenvalue weighted by Crippen LogP contribution is -2.51. The summed E-state index contributed by atoms with van der Waals surface area (Å²) in [5.74, 6) is -0.670. The number of anilines is 1. The van der Waals surface area contributed by atoms with Crippen molar-refractivity contribution in [2.45, 2.75) is 13.0 Å². The maximum atomic E-state index is 12.3.